The van der Waals surface area contributed by atoms with Gasteiger partial charge in [0.2, 0.25) is 0 Å². The van der Waals surface area contributed by atoms with Gasteiger partial charge in [0.1, 0.15) is 0 Å². The molecule has 0 aromatic heterocycles. The number of hydrogen-bond donors (Lipinski definition) is 1. The molecular formula is C17H26N2S. The lowest BCUT2D eigenvalue weighted by Crippen LogP contribution is -2.50. The van der Waals surface area contributed by atoms with Gasteiger partial charge in [-0.05, 0) is 50.6 Å². The Bertz CT molecular complexity index is 416. The van der Waals surface area contributed by atoms with Crippen LogP contribution in [0.25, 0.3) is 0 Å². The Morgan fingerprint density at radius 1 is 1.25 bits per heavy atom. The van der Waals surface area contributed by atoms with Crippen molar-refractivity contribution in [1.29, 1.82) is 0 Å². The maximum absolute atomic E-state index is 3.79. The second kappa shape index (κ2) is 6.50. The molecule has 1 aromatic rings. The zero-order valence-corrected chi connectivity index (χ0v) is 13.3. The van der Waals surface area contributed by atoms with Gasteiger partial charge in [-0.2, -0.15) is 11.8 Å². The first kappa shape index (κ1) is 14.4. The van der Waals surface area contributed by atoms with Gasteiger partial charge in [-0.1, -0.05) is 30.3 Å². The molecule has 0 radical (unpaired) electrons. The summed E-state index contributed by atoms with van der Waals surface area (Å²) < 4.78 is 0. The minimum absolute atomic E-state index is 0.0971. The molecule has 1 N–H and O–H groups in total. The van der Waals surface area contributed by atoms with Crippen molar-refractivity contribution in [2.24, 2.45) is 0 Å². The molecule has 2 aliphatic heterocycles. The van der Waals surface area contributed by atoms with Crippen LogP contribution in [0.5, 0.6) is 0 Å². The molecule has 2 fully saturated rings. The van der Waals surface area contributed by atoms with Gasteiger partial charge in [0.05, 0.1) is 5.54 Å². The van der Waals surface area contributed by atoms with Crippen molar-refractivity contribution in [3.63, 3.8) is 0 Å². The standard InChI is InChI=1S/C17H26N2S/c1-17(15-7-3-2-4-8-15)14-19(11-6-10-18-17)16-9-5-12-20-13-16/h2-4,7-8,16,18H,5-6,9-14H2,1H3. The molecule has 3 heteroatoms. The van der Waals surface area contributed by atoms with E-state index in [4.69, 9.17) is 0 Å². The minimum atomic E-state index is 0.0971. The third-order valence-corrected chi connectivity index (χ3v) is 5.92. The highest BCUT2D eigenvalue weighted by atomic mass is 32.2. The van der Waals surface area contributed by atoms with Gasteiger partial charge >= 0.3 is 0 Å². The van der Waals surface area contributed by atoms with E-state index >= 15 is 0 Å². The highest BCUT2D eigenvalue weighted by molar-refractivity contribution is 7.99. The molecule has 1 aromatic carbocycles. The van der Waals surface area contributed by atoms with Crippen LogP contribution in [0.2, 0.25) is 0 Å². The lowest BCUT2D eigenvalue weighted by atomic mass is 9.91. The number of benzene rings is 1. The number of rotatable bonds is 2. The summed E-state index contributed by atoms with van der Waals surface area (Å²) in [5.41, 5.74) is 1.52. The van der Waals surface area contributed by atoms with Crippen LogP contribution in [0.15, 0.2) is 30.3 Å². The Balaban J connectivity index is 1.77. The maximum Gasteiger partial charge on any atom is 0.0535 e. The third-order valence-electron chi connectivity index (χ3n) is 4.72. The first-order chi connectivity index (χ1) is 9.78. The SMILES string of the molecule is CC1(c2ccccc2)CN(C2CCCSC2)CCCN1. The summed E-state index contributed by atoms with van der Waals surface area (Å²) in [5.74, 6) is 2.68. The van der Waals surface area contributed by atoms with Crippen molar-refractivity contribution in [2.75, 3.05) is 31.1 Å². The molecule has 20 heavy (non-hydrogen) atoms. The van der Waals surface area contributed by atoms with Gasteiger partial charge in [-0.25, -0.2) is 0 Å². The molecule has 0 bridgehead atoms. The van der Waals surface area contributed by atoms with Gasteiger partial charge in [0.25, 0.3) is 0 Å². The van der Waals surface area contributed by atoms with Crippen LogP contribution < -0.4 is 5.32 Å². The summed E-state index contributed by atoms with van der Waals surface area (Å²) in [4.78, 5) is 2.75. The zero-order chi connectivity index (χ0) is 13.8. The van der Waals surface area contributed by atoms with Crippen LogP contribution in [0.4, 0.5) is 0 Å². The first-order valence-electron chi connectivity index (χ1n) is 7.90. The molecular weight excluding hydrogens is 264 g/mol. The van der Waals surface area contributed by atoms with E-state index < -0.39 is 0 Å². The molecule has 2 unspecified atom stereocenters. The monoisotopic (exact) mass is 290 g/mol. The van der Waals surface area contributed by atoms with Crippen LogP contribution in [0, 0.1) is 0 Å². The normalized spacial score (nSPS) is 32.8. The average molecular weight is 290 g/mol. The molecule has 0 aliphatic carbocycles. The van der Waals surface area contributed by atoms with E-state index in [9.17, 15) is 0 Å². The fraction of sp³-hybridized carbons (Fsp3) is 0.647. The van der Waals surface area contributed by atoms with Crippen molar-refractivity contribution in [3.8, 4) is 0 Å². The Kier molecular flexibility index (Phi) is 4.69. The van der Waals surface area contributed by atoms with E-state index in [0.717, 1.165) is 19.1 Å². The summed E-state index contributed by atoms with van der Waals surface area (Å²) in [6.45, 7) is 5.89. The van der Waals surface area contributed by atoms with Crippen molar-refractivity contribution in [2.45, 2.75) is 37.8 Å². The van der Waals surface area contributed by atoms with Crippen LogP contribution in [0.3, 0.4) is 0 Å². The van der Waals surface area contributed by atoms with Crippen molar-refractivity contribution in [1.82, 2.24) is 10.2 Å². The maximum atomic E-state index is 3.79. The van der Waals surface area contributed by atoms with Crippen LogP contribution >= 0.6 is 11.8 Å². The largest absolute Gasteiger partial charge is 0.307 e. The summed E-state index contributed by atoms with van der Waals surface area (Å²) in [7, 11) is 0. The van der Waals surface area contributed by atoms with Crippen LogP contribution in [0.1, 0.15) is 31.7 Å². The van der Waals surface area contributed by atoms with Crippen molar-refractivity contribution >= 4 is 11.8 Å². The molecule has 2 atom stereocenters. The number of nitrogens with zero attached hydrogens (tertiary/aromatic N) is 1. The summed E-state index contributed by atoms with van der Waals surface area (Å²) in [6, 6.07) is 11.8. The van der Waals surface area contributed by atoms with Gasteiger partial charge in [0.15, 0.2) is 0 Å². The topological polar surface area (TPSA) is 15.3 Å². The second-order valence-corrected chi connectivity index (χ2v) is 7.47. The molecule has 0 spiro atoms. The van der Waals surface area contributed by atoms with Gasteiger partial charge < -0.3 is 5.32 Å². The molecule has 2 saturated heterocycles. The molecule has 110 valence electrons. The summed E-state index contributed by atoms with van der Waals surface area (Å²) in [6.07, 6.45) is 4.04. The second-order valence-electron chi connectivity index (χ2n) is 6.32. The summed E-state index contributed by atoms with van der Waals surface area (Å²) in [5, 5.41) is 3.79. The highest BCUT2D eigenvalue weighted by Crippen LogP contribution is 2.28. The van der Waals surface area contributed by atoms with Gasteiger partial charge in [-0.3, -0.25) is 4.90 Å². The molecule has 2 aliphatic rings. The van der Waals surface area contributed by atoms with E-state index in [1.807, 2.05) is 0 Å². The van der Waals surface area contributed by atoms with E-state index in [1.54, 1.807) is 0 Å². The average Bonchev–Trinajstić information content (AvgIpc) is 2.72. The van der Waals surface area contributed by atoms with Gasteiger partial charge in [-0.15, -0.1) is 0 Å². The summed E-state index contributed by atoms with van der Waals surface area (Å²) >= 11 is 2.14. The van der Waals surface area contributed by atoms with Gasteiger partial charge in [0, 0.05) is 18.3 Å². The Labute approximate surface area is 127 Å². The minimum Gasteiger partial charge on any atom is -0.307 e. The number of thioether (sulfide) groups is 1. The van der Waals surface area contributed by atoms with Crippen molar-refractivity contribution in [3.05, 3.63) is 35.9 Å². The predicted octanol–water partition coefficient (Wildman–Crippen LogP) is 3.09. The third kappa shape index (κ3) is 3.21. The zero-order valence-electron chi connectivity index (χ0n) is 12.5. The van der Waals surface area contributed by atoms with Crippen molar-refractivity contribution < 1.29 is 0 Å². The van der Waals surface area contributed by atoms with E-state index in [-0.39, 0.29) is 5.54 Å². The number of hydrogen-bond acceptors (Lipinski definition) is 3. The highest BCUT2D eigenvalue weighted by Gasteiger charge is 2.33. The van der Waals surface area contributed by atoms with E-state index in [2.05, 4.69) is 59.2 Å². The Hall–Kier alpha value is -0.510. The molecule has 2 heterocycles. The fourth-order valence-electron chi connectivity index (χ4n) is 3.51. The molecule has 2 nitrogen and oxygen atoms in total. The van der Waals surface area contributed by atoms with E-state index in [0.29, 0.717) is 0 Å². The van der Waals surface area contributed by atoms with Crippen LogP contribution in [-0.4, -0.2) is 42.1 Å². The quantitative estimate of drug-likeness (QED) is 0.901. The molecule has 0 saturated carbocycles. The number of nitrogens with one attached hydrogen (secondary N) is 1. The predicted molar refractivity (Wildman–Crippen MR) is 88.3 cm³/mol. The molecule has 3 rings (SSSR count). The lowest BCUT2D eigenvalue weighted by molar-refractivity contribution is 0.165. The Morgan fingerprint density at radius 2 is 2.10 bits per heavy atom. The Morgan fingerprint density at radius 3 is 2.85 bits per heavy atom. The van der Waals surface area contributed by atoms with Crippen LogP contribution in [-0.2, 0) is 5.54 Å². The molecule has 0 amide bonds. The fourth-order valence-corrected chi connectivity index (χ4v) is 4.70. The lowest BCUT2D eigenvalue weighted by Gasteiger charge is -2.39. The van der Waals surface area contributed by atoms with E-state index in [1.165, 1.54) is 42.9 Å². The smallest absolute Gasteiger partial charge is 0.0535 e. The first-order valence-corrected chi connectivity index (χ1v) is 9.06.